The van der Waals surface area contributed by atoms with Gasteiger partial charge in [0.2, 0.25) is 0 Å². The number of aryl methyl sites for hydroxylation is 4. The molecule has 0 saturated heterocycles. The Balaban J connectivity index is 1.67. The molecule has 0 unspecified atom stereocenters. The lowest BCUT2D eigenvalue weighted by atomic mass is 9.88. The lowest BCUT2D eigenvalue weighted by Crippen LogP contribution is -1.95. The molecule has 146 valence electrons. The lowest BCUT2D eigenvalue weighted by Gasteiger charge is -2.16. The summed E-state index contributed by atoms with van der Waals surface area (Å²) in [5, 5.41) is 0. The molecule has 0 atom stereocenters. The Labute approximate surface area is 175 Å². The van der Waals surface area contributed by atoms with Crippen molar-refractivity contribution in [3.05, 3.63) is 87.5 Å². The average Bonchev–Trinajstić information content (AvgIpc) is 3.35. The van der Waals surface area contributed by atoms with Gasteiger partial charge in [-0.1, -0.05) is 82.4 Å². The molecular weight excluding hydrogens is 348 g/mol. The first-order valence-electron chi connectivity index (χ1n) is 11.0. The smallest absolute Gasteiger partial charge is 0.00513 e. The van der Waals surface area contributed by atoms with E-state index in [1.807, 2.05) is 0 Å². The summed E-state index contributed by atoms with van der Waals surface area (Å²) in [5.41, 5.74) is 15.5. The van der Waals surface area contributed by atoms with Crippen molar-refractivity contribution in [2.75, 3.05) is 0 Å². The van der Waals surface area contributed by atoms with Gasteiger partial charge in [-0.3, -0.25) is 0 Å². The predicted molar refractivity (Wildman–Crippen MR) is 125 cm³/mol. The molecule has 0 N–H and O–H groups in total. The number of hydrogen-bond acceptors (Lipinski definition) is 0. The van der Waals surface area contributed by atoms with Crippen LogP contribution in [-0.4, -0.2) is 0 Å². The molecule has 0 amide bonds. The zero-order valence-electron chi connectivity index (χ0n) is 18.1. The fourth-order valence-electron chi connectivity index (χ4n) is 5.11. The van der Waals surface area contributed by atoms with Crippen molar-refractivity contribution in [3.63, 3.8) is 0 Å². The summed E-state index contributed by atoms with van der Waals surface area (Å²) in [6.45, 7) is 8.82. The van der Waals surface area contributed by atoms with Gasteiger partial charge in [0.1, 0.15) is 0 Å². The number of hydrogen-bond donors (Lipinski definition) is 0. The van der Waals surface area contributed by atoms with Crippen LogP contribution in [0.25, 0.3) is 28.3 Å². The molecule has 0 heterocycles. The van der Waals surface area contributed by atoms with Crippen LogP contribution in [-0.2, 0) is 6.42 Å². The van der Waals surface area contributed by atoms with Crippen molar-refractivity contribution in [1.29, 1.82) is 0 Å². The molecule has 1 saturated carbocycles. The summed E-state index contributed by atoms with van der Waals surface area (Å²) in [6, 6.07) is 18.6. The Hall–Kier alpha value is -2.60. The van der Waals surface area contributed by atoms with E-state index < -0.39 is 0 Å². The second-order valence-corrected chi connectivity index (χ2v) is 9.43. The first-order valence-corrected chi connectivity index (χ1v) is 11.0. The molecule has 1 fully saturated rings. The van der Waals surface area contributed by atoms with Crippen LogP contribution in [0.4, 0.5) is 0 Å². The van der Waals surface area contributed by atoms with Gasteiger partial charge in [-0.25, -0.2) is 0 Å². The molecule has 5 rings (SSSR count). The molecule has 0 bridgehead atoms. The Morgan fingerprint density at radius 1 is 0.690 bits per heavy atom. The van der Waals surface area contributed by atoms with E-state index in [9.17, 15) is 0 Å². The highest BCUT2D eigenvalue weighted by atomic mass is 14.3. The Morgan fingerprint density at radius 3 is 1.76 bits per heavy atom. The topological polar surface area (TPSA) is 0 Å². The summed E-state index contributed by atoms with van der Waals surface area (Å²) in [4.78, 5) is 0. The monoisotopic (exact) mass is 378 g/mol. The number of rotatable bonds is 4. The molecule has 0 spiro atoms. The Bertz CT molecular complexity index is 1100. The van der Waals surface area contributed by atoms with Crippen molar-refractivity contribution >= 4 is 6.08 Å². The summed E-state index contributed by atoms with van der Waals surface area (Å²) in [7, 11) is 0. The predicted octanol–water partition coefficient (Wildman–Crippen LogP) is 7.99. The molecule has 0 radical (unpaired) electrons. The van der Waals surface area contributed by atoms with Gasteiger partial charge >= 0.3 is 0 Å². The average molecular weight is 379 g/mol. The van der Waals surface area contributed by atoms with E-state index in [-0.39, 0.29) is 0 Å². The van der Waals surface area contributed by atoms with Gasteiger partial charge in [0.05, 0.1) is 0 Å². The summed E-state index contributed by atoms with van der Waals surface area (Å²) >= 11 is 0. The number of benzene rings is 3. The molecule has 3 aromatic rings. The SMILES string of the molecule is Cc1cc(C)cc(-c2ccc(-c3cc(C)cc(C)c3)c3c2C=C(CC2CC2)C3)c1. The molecular formula is C29H30. The van der Waals surface area contributed by atoms with Crippen LogP contribution in [0.15, 0.2) is 54.1 Å². The minimum absolute atomic E-state index is 0.935. The van der Waals surface area contributed by atoms with Gasteiger partial charge in [0, 0.05) is 0 Å². The van der Waals surface area contributed by atoms with Crippen molar-refractivity contribution in [2.24, 2.45) is 5.92 Å². The zero-order chi connectivity index (χ0) is 20.1. The van der Waals surface area contributed by atoms with Crippen LogP contribution in [0, 0.1) is 33.6 Å². The second kappa shape index (κ2) is 7.02. The van der Waals surface area contributed by atoms with Crippen LogP contribution in [0.1, 0.15) is 52.6 Å². The first kappa shape index (κ1) is 18.4. The normalized spacial score (nSPS) is 15.4. The fourth-order valence-corrected chi connectivity index (χ4v) is 5.11. The quantitative estimate of drug-likeness (QED) is 0.431. The molecule has 0 heteroatoms. The van der Waals surface area contributed by atoms with Crippen LogP contribution in [0.5, 0.6) is 0 Å². The number of allylic oxidation sites excluding steroid dienone is 1. The highest BCUT2D eigenvalue weighted by Gasteiger charge is 2.27. The van der Waals surface area contributed by atoms with E-state index in [0.717, 1.165) is 12.3 Å². The molecule has 2 aliphatic rings. The highest BCUT2D eigenvalue weighted by Crippen LogP contribution is 2.44. The minimum Gasteiger partial charge on any atom is -0.0649 e. The summed E-state index contributed by atoms with van der Waals surface area (Å²) in [5.74, 6) is 0.935. The van der Waals surface area contributed by atoms with Gasteiger partial charge in [-0.15, -0.1) is 0 Å². The number of fused-ring (bicyclic) bond motifs is 1. The molecule has 3 aromatic carbocycles. The lowest BCUT2D eigenvalue weighted by molar-refractivity contribution is 0.808. The van der Waals surface area contributed by atoms with E-state index in [4.69, 9.17) is 0 Å². The molecule has 0 aliphatic heterocycles. The maximum absolute atomic E-state index is 2.52. The Morgan fingerprint density at radius 2 is 1.21 bits per heavy atom. The van der Waals surface area contributed by atoms with Gasteiger partial charge < -0.3 is 0 Å². The van der Waals surface area contributed by atoms with Gasteiger partial charge in [-0.05, 0) is 92.7 Å². The largest absolute Gasteiger partial charge is 0.0649 e. The standard InChI is InChI=1S/C29H30/c1-18-9-19(2)12-24(11-18)26-7-8-27(25-13-20(3)10-21(4)14-25)29-17-23(16-28(26)29)15-22-5-6-22/h7-14,16,22H,5-6,15,17H2,1-4H3. The third-order valence-corrected chi connectivity index (χ3v) is 6.42. The van der Waals surface area contributed by atoms with Crippen molar-refractivity contribution in [1.82, 2.24) is 0 Å². The second-order valence-electron chi connectivity index (χ2n) is 9.43. The van der Waals surface area contributed by atoms with E-state index in [1.54, 1.807) is 5.57 Å². The van der Waals surface area contributed by atoms with E-state index in [1.165, 1.54) is 74.9 Å². The molecule has 2 aliphatic carbocycles. The maximum atomic E-state index is 2.52. The fraction of sp³-hybridized carbons (Fsp3) is 0.310. The molecule has 29 heavy (non-hydrogen) atoms. The van der Waals surface area contributed by atoms with E-state index >= 15 is 0 Å². The van der Waals surface area contributed by atoms with Gasteiger partial charge in [0.15, 0.2) is 0 Å². The van der Waals surface area contributed by atoms with Crippen molar-refractivity contribution in [3.8, 4) is 22.3 Å². The maximum Gasteiger partial charge on any atom is -0.00513 e. The van der Waals surface area contributed by atoms with Crippen LogP contribution >= 0.6 is 0 Å². The van der Waals surface area contributed by atoms with Crippen LogP contribution in [0.3, 0.4) is 0 Å². The third-order valence-electron chi connectivity index (χ3n) is 6.42. The molecule has 0 aromatic heterocycles. The van der Waals surface area contributed by atoms with E-state index in [2.05, 4.69) is 82.3 Å². The zero-order valence-corrected chi connectivity index (χ0v) is 18.1. The highest BCUT2D eigenvalue weighted by molar-refractivity contribution is 5.87. The van der Waals surface area contributed by atoms with Gasteiger partial charge in [0.25, 0.3) is 0 Å². The van der Waals surface area contributed by atoms with Crippen LogP contribution < -0.4 is 0 Å². The summed E-state index contributed by atoms with van der Waals surface area (Å²) < 4.78 is 0. The minimum atomic E-state index is 0.935. The third kappa shape index (κ3) is 3.69. The molecule has 0 nitrogen and oxygen atoms in total. The summed E-state index contributed by atoms with van der Waals surface area (Å²) in [6.07, 6.45) is 7.76. The van der Waals surface area contributed by atoms with Gasteiger partial charge in [-0.2, -0.15) is 0 Å². The van der Waals surface area contributed by atoms with Crippen LogP contribution in [0.2, 0.25) is 0 Å². The van der Waals surface area contributed by atoms with E-state index in [0.29, 0.717) is 0 Å². The van der Waals surface area contributed by atoms with Crippen molar-refractivity contribution < 1.29 is 0 Å². The first-order chi connectivity index (χ1) is 14.0. The Kier molecular flexibility index (Phi) is 4.46. The van der Waals surface area contributed by atoms with Crippen molar-refractivity contribution in [2.45, 2.75) is 53.4 Å².